The Morgan fingerprint density at radius 3 is 2.95 bits per heavy atom. The van der Waals surface area contributed by atoms with Crippen molar-refractivity contribution in [3.8, 4) is 0 Å². The second-order valence-electron chi connectivity index (χ2n) is 4.75. The fraction of sp³-hybridized carbons (Fsp3) is 0.214. The Hall–Kier alpha value is -2.27. The van der Waals surface area contributed by atoms with Crippen LogP contribution in [0.15, 0.2) is 42.7 Å². The minimum absolute atomic E-state index is 0.189. The molecule has 0 aliphatic carbocycles. The standard InChI is InChI=1S/C14H13N5/c1-2-5-11-9-16-12(8-10(11)4-1)13-17-18-14-15-6-3-7-19(13)14/h1-7,12,16H,8-9H2. The van der Waals surface area contributed by atoms with Gasteiger partial charge < -0.3 is 5.32 Å². The van der Waals surface area contributed by atoms with Crippen molar-refractivity contribution in [2.45, 2.75) is 19.0 Å². The lowest BCUT2D eigenvalue weighted by atomic mass is 9.95. The molecule has 0 spiro atoms. The largest absolute Gasteiger partial charge is 0.303 e. The van der Waals surface area contributed by atoms with E-state index in [4.69, 9.17) is 0 Å². The molecule has 0 amide bonds. The smallest absolute Gasteiger partial charge is 0.254 e. The number of benzene rings is 1. The molecular formula is C14H13N5. The predicted octanol–water partition coefficient (Wildman–Crippen LogP) is 1.51. The van der Waals surface area contributed by atoms with Gasteiger partial charge in [-0.25, -0.2) is 4.98 Å². The highest BCUT2D eigenvalue weighted by Crippen LogP contribution is 2.24. The van der Waals surface area contributed by atoms with Crippen LogP contribution in [-0.4, -0.2) is 19.6 Å². The van der Waals surface area contributed by atoms with E-state index in [1.807, 2.05) is 16.7 Å². The zero-order valence-corrected chi connectivity index (χ0v) is 10.3. The summed E-state index contributed by atoms with van der Waals surface area (Å²) >= 11 is 0. The Labute approximate surface area is 110 Å². The van der Waals surface area contributed by atoms with E-state index >= 15 is 0 Å². The van der Waals surface area contributed by atoms with Crippen molar-refractivity contribution in [3.63, 3.8) is 0 Å². The summed E-state index contributed by atoms with van der Waals surface area (Å²) < 4.78 is 1.95. The zero-order valence-electron chi connectivity index (χ0n) is 10.3. The van der Waals surface area contributed by atoms with Gasteiger partial charge >= 0.3 is 0 Å². The fourth-order valence-corrected chi connectivity index (χ4v) is 2.63. The van der Waals surface area contributed by atoms with Gasteiger partial charge in [0.05, 0.1) is 6.04 Å². The van der Waals surface area contributed by atoms with Crippen LogP contribution in [0.5, 0.6) is 0 Å². The number of nitrogens with zero attached hydrogens (tertiary/aromatic N) is 4. The van der Waals surface area contributed by atoms with Crippen LogP contribution in [0.4, 0.5) is 0 Å². The molecule has 1 atom stereocenters. The number of hydrogen-bond donors (Lipinski definition) is 1. The predicted molar refractivity (Wildman–Crippen MR) is 70.5 cm³/mol. The molecule has 0 saturated carbocycles. The molecule has 1 aromatic carbocycles. The Balaban J connectivity index is 1.75. The fourth-order valence-electron chi connectivity index (χ4n) is 2.63. The lowest BCUT2D eigenvalue weighted by molar-refractivity contribution is 0.473. The Morgan fingerprint density at radius 2 is 2.00 bits per heavy atom. The average Bonchev–Trinajstić information content (AvgIpc) is 2.91. The molecule has 1 aliphatic rings. The van der Waals surface area contributed by atoms with Gasteiger partial charge in [-0.1, -0.05) is 24.3 Å². The van der Waals surface area contributed by atoms with Crippen LogP contribution in [0, 0.1) is 0 Å². The quantitative estimate of drug-likeness (QED) is 0.712. The summed E-state index contributed by atoms with van der Waals surface area (Å²) in [6.07, 6.45) is 4.63. The molecule has 3 heterocycles. The second kappa shape index (κ2) is 4.13. The van der Waals surface area contributed by atoms with E-state index in [0.717, 1.165) is 18.8 Å². The highest BCUT2D eigenvalue weighted by atomic mass is 15.3. The third-order valence-corrected chi connectivity index (χ3v) is 3.61. The van der Waals surface area contributed by atoms with Crippen molar-refractivity contribution in [1.82, 2.24) is 24.9 Å². The maximum atomic E-state index is 4.28. The minimum Gasteiger partial charge on any atom is -0.303 e. The first kappa shape index (κ1) is 10.6. The van der Waals surface area contributed by atoms with Crippen molar-refractivity contribution >= 4 is 5.78 Å². The normalized spacial score (nSPS) is 18.4. The lowest BCUT2D eigenvalue weighted by Crippen LogP contribution is -2.30. The molecule has 4 rings (SSSR count). The van der Waals surface area contributed by atoms with Crippen LogP contribution >= 0.6 is 0 Å². The van der Waals surface area contributed by atoms with Crippen LogP contribution in [0.2, 0.25) is 0 Å². The molecular weight excluding hydrogens is 238 g/mol. The van der Waals surface area contributed by atoms with Gasteiger partial charge in [0.1, 0.15) is 0 Å². The Kier molecular flexibility index (Phi) is 2.31. The van der Waals surface area contributed by atoms with Gasteiger partial charge in [-0.2, -0.15) is 0 Å². The molecule has 2 aromatic heterocycles. The number of fused-ring (bicyclic) bond motifs is 2. The minimum atomic E-state index is 0.189. The summed E-state index contributed by atoms with van der Waals surface area (Å²) in [5.74, 6) is 1.58. The van der Waals surface area contributed by atoms with Crippen molar-refractivity contribution < 1.29 is 0 Å². The molecule has 3 aromatic rings. The maximum Gasteiger partial charge on any atom is 0.254 e. The number of hydrogen-bond acceptors (Lipinski definition) is 4. The number of aromatic nitrogens is 4. The van der Waals surface area contributed by atoms with Crippen molar-refractivity contribution in [3.05, 3.63) is 59.7 Å². The van der Waals surface area contributed by atoms with Gasteiger partial charge in [0.15, 0.2) is 5.82 Å². The summed E-state index contributed by atoms with van der Waals surface area (Å²) in [5, 5.41) is 11.9. The third kappa shape index (κ3) is 1.70. The highest BCUT2D eigenvalue weighted by Gasteiger charge is 2.23. The summed E-state index contributed by atoms with van der Waals surface area (Å²) in [7, 11) is 0. The van der Waals surface area contributed by atoms with Crippen LogP contribution < -0.4 is 5.32 Å². The Bertz CT molecular complexity index is 733. The zero-order chi connectivity index (χ0) is 12.7. The molecule has 0 fully saturated rings. The van der Waals surface area contributed by atoms with E-state index in [0.29, 0.717) is 5.78 Å². The van der Waals surface area contributed by atoms with Gasteiger partial charge in [-0.05, 0) is 23.6 Å². The average molecular weight is 251 g/mol. The van der Waals surface area contributed by atoms with Crippen LogP contribution in [0.3, 0.4) is 0 Å². The molecule has 5 nitrogen and oxygen atoms in total. The van der Waals surface area contributed by atoms with Gasteiger partial charge in [-0.3, -0.25) is 4.40 Å². The summed E-state index contributed by atoms with van der Waals surface area (Å²) in [6.45, 7) is 0.871. The van der Waals surface area contributed by atoms with Crippen molar-refractivity contribution in [2.75, 3.05) is 0 Å². The van der Waals surface area contributed by atoms with Gasteiger partial charge in [-0.15, -0.1) is 10.2 Å². The van der Waals surface area contributed by atoms with Crippen LogP contribution in [-0.2, 0) is 13.0 Å². The molecule has 0 saturated heterocycles. The molecule has 94 valence electrons. The third-order valence-electron chi connectivity index (χ3n) is 3.61. The first-order chi connectivity index (χ1) is 9.42. The monoisotopic (exact) mass is 251 g/mol. The topological polar surface area (TPSA) is 55.1 Å². The van der Waals surface area contributed by atoms with Gasteiger partial charge in [0.25, 0.3) is 5.78 Å². The first-order valence-electron chi connectivity index (χ1n) is 6.37. The molecule has 0 radical (unpaired) electrons. The second-order valence-corrected chi connectivity index (χ2v) is 4.75. The summed E-state index contributed by atoms with van der Waals surface area (Å²) in [6, 6.07) is 10.6. The first-order valence-corrected chi connectivity index (χ1v) is 6.37. The van der Waals surface area contributed by atoms with E-state index < -0.39 is 0 Å². The van der Waals surface area contributed by atoms with Gasteiger partial charge in [0, 0.05) is 18.9 Å². The number of nitrogens with one attached hydrogen (secondary N) is 1. The summed E-state index contributed by atoms with van der Waals surface area (Å²) in [5.41, 5.74) is 2.75. The van der Waals surface area contributed by atoms with Gasteiger partial charge in [0.2, 0.25) is 0 Å². The van der Waals surface area contributed by atoms with Crippen molar-refractivity contribution in [2.24, 2.45) is 0 Å². The highest BCUT2D eigenvalue weighted by molar-refractivity contribution is 5.33. The molecule has 1 aliphatic heterocycles. The van der Waals surface area contributed by atoms with Crippen molar-refractivity contribution in [1.29, 1.82) is 0 Å². The molecule has 0 bridgehead atoms. The van der Waals surface area contributed by atoms with E-state index in [2.05, 4.69) is 44.8 Å². The number of rotatable bonds is 1. The SMILES string of the molecule is c1ccc2c(c1)CNC(c1nnc3ncccn13)C2. The molecule has 1 N–H and O–H groups in total. The van der Waals surface area contributed by atoms with E-state index in [-0.39, 0.29) is 6.04 Å². The summed E-state index contributed by atoms with van der Waals surface area (Å²) in [4.78, 5) is 4.20. The van der Waals surface area contributed by atoms with E-state index in [9.17, 15) is 0 Å². The Morgan fingerprint density at radius 1 is 1.11 bits per heavy atom. The van der Waals surface area contributed by atoms with Crippen LogP contribution in [0.25, 0.3) is 5.78 Å². The van der Waals surface area contributed by atoms with E-state index in [1.54, 1.807) is 6.20 Å². The lowest BCUT2D eigenvalue weighted by Gasteiger charge is -2.24. The molecule has 19 heavy (non-hydrogen) atoms. The molecule has 5 heteroatoms. The maximum absolute atomic E-state index is 4.28. The van der Waals surface area contributed by atoms with Crippen LogP contribution in [0.1, 0.15) is 23.0 Å². The van der Waals surface area contributed by atoms with E-state index in [1.165, 1.54) is 11.1 Å². The molecule has 1 unspecified atom stereocenters.